The van der Waals surface area contributed by atoms with Gasteiger partial charge in [-0.15, -0.1) is 11.3 Å². The molecule has 0 aliphatic rings. The van der Waals surface area contributed by atoms with E-state index in [4.69, 9.17) is 19.4 Å². The van der Waals surface area contributed by atoms with Crippen molar-refractivity contribution < 1.29 is 4.42 Å². The molecule has 0 spiro atoms. The van der Waals surface area contributed by atoms with Crippen molar-refractivity contribution in [2.45, 2.75) is 0 Å². The van der Waals surface area contributed by atoms with Crippen LogP contribution in [-0.4, -0.2) is 15.0 Å². The fourth-order valence-corrected chi connectivity index (χ4v) is 8.82. The second-order valence-corrected chi connectivity index (χ2v) is 13.8. The molecular weight excluding hydrogens is 631 g/mol. The highest BCUT2D eigenvalue weighted by atomic mass is 32.1. The molecule has 5 heteroatoms. The van der Waals surface area contributed by atoms with E-state index in [0.717, 1.165) is 44.0 Å². The first-order valence-electron chi connectivity index (χ1n) is 16.7. The first-order chi connectivity index (χ1) is 24.8. The molecule has 0 radical (unpaired) electrons. The number of para-hydroxylation sites is 1. The zero-order chi connectivity index (χ0) is 32.8. The summed E-state index contributed by atoms with van der Waals surface area (Å²) in [7, 11) is 0. The van der Waals surface area contributed by atoms with Gasteiger partial charge in [0.25, 0.3) is 0 Å². The molecule has 0 atom stereocenters. The summed E-state index contributed by atoms with van der Waals surface area (Å²) in [5.41, 5.74) is 4.44. The SMILES string of the molecule is c1ccc(-c2nc(-c3ccc4c(ccc5ccc6c(ccc7c8ccccc8sc76)c54)c3)nc(-c3cccc4oc5ccccc5c34)n2)cc1. The minimum absolute atomic E-state index is 0.614. The van der Waals surface area contributed by atoms with Gasteiger partial charge in [-0.1, -0.05) is 127 Å². The Morgan fingerprint density at radius 2 is 1.06 bits per heavy atom. The number of thiophene rings is 1. The molecule has 0 saturated heterocycles. The van der Waals surface area contributed by atoms with Gasteiger partial charge < -0.3 is 4.42 Å². The van der Waals surface area contributed by atoms with Crippen molar-refractivity contribution in [2.24, 2.45) is 0 Å². The predicted molar refractivity (Wildman–Crippen MR) is 209 cm³/mol. The summed E-state index contributed by atoms with van der Waals surface area (Å²) in [5.74, 6) is 1.88. The van der Waals surface area contributed by atoms with Crippen molar-refractivity contribution >= 4 is 85.8 Å². The Kier molecular flexibility index (Phi) is 5.80. The molecule has 0 saturated carbocycles. The summed E-state index contributed by atoms with van der Waals surface area (Å²) in [5, 5.41) is 12.1. The minimum atomic E-state index is 0.614. The predicted octanol–water partition coefficient (Wildman–Crippen LogP) is 12.6. The largest absolute Gasteiger partial charge is 0.456 e. The van der Waals surface area contributed by atoms with Crippen molar-refractivity contribution in [1.29, 1.82) is 0 Å². The van der Waals surface area contributed by atoms with Gasteiger partial charge in [-0.05, 0) is 51.2 Å². The number of hydrogen-bond acceptors (Lipinski definition) is 5. The molecule has 50 heavy (non-hydrogen) atoms. The Morgan fingerprint density at radius 3 is 1.98 bits per heavy atom. The lowest BCUT2D eigenvalue weighted by atomic mass is 9.94. The number of hydrogen-bond donors (Lipinski definition) is 0. The monoisotopic (exact) mass is 655 g/mol. The Hall–Kier alpha value is -6.43. The summed E-state index contributed by atoms with van der Waals surface area (Å²) >= 11 is 1.88. The standard InChI is InChI=1S/C45H25N3OS/c1-2-9-27(10-3-1)43-46-44(48-45(47-43)36-13-8-15-38-41(36)35-12-4-6-14-37(35)49-38)29-20-21-30-28(25-29)18-17-26-19-22-34-32(40(26)30)23-24-33-31-11-5-7-16-39(31)50-42(33)34/h1-25H. The van der Waals surface area contributed by atoms with E-state index in [2.05, 4.69) is 91.0 Å². The highest BCUT2D eigenvalue weighted by Gasteiger charge is 2.18. The Balaban J connectivity index is 1.13. The number of rotatable bonds is 3. The van der Waals surface area contributed by atoms with Crippen molar-refractivity contribution in [3.63, 3.8) is 0 Å². The van der Waals surface area contributed by atoms with Crippen LogP contribution in [-0.2, 0) is 0 Å². The molecule has 0 aliphatic heterocycles. The zero-order valence-electron chi connectivity index (χ0n) is 26.6. The number of fused-ring (bicyclic) bond motifs is 12. The maximum atomic E-state index is 6.23. The number of aromatic nitrogens is 3. The molecule has 232 valence electrons. The Morgan fingerprint density at radius 1 is 0.400 bits per heavy atom. The lowest BCUT2D eigenvalue weighted by Crippen LogP contribution is -2.00. The summed E-state index contributed by atoms with van der Waals surface area (Å²) in [4.78, 5) is 15.3. The highest BCUT2D eigenvalue weighted by molar-refractivity contribution is 7.26. The van der Waals surface area contributed by atoms with Crippen molar-refractivity contribution in [2.75, 3.05) is 0 Å². The van der Waals surface area contributed by atoms with Gasteiger partial charge >= 0.3 is 0 Å². The molecule has 11 rings (SSSR count). The van der Waals surface area contributed by atoms with Crippen LogP contribution in [0.25, 0.3) is 109 Å². The van der Waals surface area contributed by atoms with E-state index in [1.165, 1.54) is 47.1 Å². The van der Waals surface area contributed by atoms with Crippen molar-refractivity contribution in [3.8, 4) is 34.2 Å². The van der Waals surface area contributed by atoms with Crippen LogP contribution in [0.3, 0.4) is 0 Å². The number of nitrogens with zero attached hydrogens (tertiary/aromatic N) is 3. The van der Waals surface area contributed by atoms with Crippen LogP contribution in [0.1, 0.15) is 0 Å². The van der Waals surface area contributed by atoms with Crippen LogP contribution in [0, 0.1) is 0 Å². The molecule has 3 aromatic heterocycles. The average Bonchev–Trinajstić information content (AvgIpc) is 3.76. The van der Waals surface area contributed by atoms with Gasteiger partial charge in [0.15, 0.2) is 17.5 Å². The lowest BCUT2D eigenvalue weighted by molar-refractivity contribution is 0.669. The van der Waals surface area contributed by atoms with E-state index in [1.54, 1.807) is 0 Å². The molecule has 0 aliphatic carbocycles. The first-order valence-corrected chi connectivity index (χ1v) is 17.5. The summed E-state index contributed by atoms with van der Waals surface area (Å²) in [6, 6.07) is 53.2. The topological polar surface area (TPSA) is 51.8 Å². The highest BCUT2D eigenvalue weighted by Crippen LogP contribution is 2.42. The molecule has 11 aromatic rings. The van der Waals surface area contributed by atoms with Gasteiger partial charge in [0.2, 0.25) is 0 Å². The third kappa shape index (κ3) is 4.08. The molecule has 0 fully saturated rings. The van der Waals surface area contributed by atoms with E-state index < -0.39 is 0 Å². The molecule has 8 aromatic carbocycles. The Bertz CT molecular complexity index is 3160. The van der Waals surface area contributed by atoms with Crippen molar-refractivity contribution in [1.82, 2.24) is 15.0 Å². The summed E-state index contributed by atoms with van der Waals surface area (Å²) < 4.78 is 8.89. The van der Waals surface area contributed by atoms with Crippen molar-refractivity contribution in [3.05, 3.63) is 152 Å². The van der Waals surface area contributed by atoms with E-state index in [0.29, 0.717) is 17.5 Å². The van der Waals surface area contributed by atoms with E-state index in [1.807, 2.05) is 72.0 Å². The number of furan rings is 1. The van der Waals surface area contributed by atoms with Gasteiger partial charge in [0, 0.05) is 53.0 Å². The molecule has 0 unspecified atom stereocenters. The maximum absolute atomic E-state index is 6.23. The zero-order valence-corrected chi connectivity index (χ0v) is 27.4. The summed E-state index contributed by atoms with van der Waals surface area (Å²) in [6.07, 6.45) is 0. The summed E-state index contributed by atoms with van der Waals surface area (Å²) in [6.45, 7) is 0. The smallest absolute Gasteiger partial charge is 0.164 e. The van der Waals surface area contributed by atoms with E-state index >= 15 is 0 Å². The van der Waals surface area contributed by atoms with Gasteiger partial charge in [0.1, 0.15) is 11.2 Å². The maximum Gasteiger partial charge on any atom is 0.164 e. The fraction of sp³-hybridized carbons (Fsp3) is 0. The Labute approximate surface area is 289 Å². The lowest BCUT2D eigenvalue weighted by Gasteiger charge is -2.12. The number of benzene rings is 8. The van der Waals surface area contributed by atoms with E-state index in [9.17, 15) is 0 Å². The first kappa shape index (κ1) is 27.5. The third-order valence-corrected chi connectivity index (χ3v) is 11.1. The third-order valence-electron chi connectivity index (χ3n) is 9.91. The van der Waals surface area contributed by atoms with E-state index in [-0.39, 0.29) is 0 Å². The molecule has 0 bridgehead atoms. The van der Waals surface area contributed by atoms with Gasteiger partial charge in [-0.2, -0.15) is 0 Å². The van der Waals surface area contributed by atoms with Crippen LogP contribution in [0.4, 0.5) is 0 Å². The van der Waals surface area contributed by atoms with Gasteiger partial charge in [-0.25, -0.2) is 15.0 Å². The van der Waals surface area contributed by atoms with Crippen LogP contribution in [0.15, 0.2) is 156 Å². The van der Waals surface area contributed by atoms with Crippen LogP contribution in [0.5, 0.6) is 0 Å². The second kappa shape index (κ2) is 10.5. The molecule has 3 heterocycles. The normalized spacial score (nSPS) is 12.0. The van der Waals surface area contributed by atoms with Gasteiger partial charge in [0.05, 0.1) is 0 Å². The molecule has 0 N–H and O–H groups in total. The van der Waals surface area contributed by atoms with Crippen LogP contribution < -0.4 is 0 Å². The quantitative estimate of drug-likeness (QED) is 0.178. The van der Waals surface area contributed by atoms with Crippen LogP contribution in [0.2, 0.25) is 0 Å². The van der Waals surface area contributed by atoms with Gasteiger partial charge in [-0.3, -0.25) is 0 Å². The minimum Gasteiger partial charge on any atom is -0.456 e. The molecular formula is C45H25N3OS. The second-order valence-electron chi connectivity index (χ2n) is 12.7. The van der Waals surface area contributed by atoms with Crippen LogP contribution >= 0.6 is 11.3 Å². The fourth-order valence-electron chi connectivity index (χ4n) is 7.59. The molecule has 0 amide bonds. The molecule has 4 nitrogen and oxygen atoms in total. The average molecular weight is 656 g/mol.